The van der Waals surface area contributed by atoms with Crippen molar-refractivity contribution in [3.05, 3.63) is 70.6 Å². The van der Waals surface area contributed by atoms with Gasteiger partial charge >= 0.3 is 5.63 Å². The molecule has 0 saturated carbocycles. The van der Waals surface area contributed by atoms with Crippen LogP contribution in [0.3, 0.4) is 0 Å². The molecule has 0 aliphatic heterocycles. The Morgan fingerprint density at radius 1 is 1.12 bits per heavy atom. The first-order chi connectivity index (χ1) is 12.1. The molecular weight excluding hydrogens is 340 g/mol. The second-order valence-electron chi connectivity index (χ2n) is 5.12. The van der Waals surface area contributed by atoms with Gasteiger partial charge in [0, 0.05) is 17.1 Å². The smallest absolute Gasteiger partial charge is 0.336 e. The van der Waals surface area contributed by atoms with Crippen LogP contribution in [0.4, 0.5) is 5.69 Å². The maximum Gasteiger partial charge on any atom is 0.336 e. The van der Waals surface area contributed by atoms with E-state index in [1.165, 1.54) is 13.2 Å². The van der Waals surface area contributed by atoms with Crippen molar-refractivity contribution in [3.63, 3.8) is 0 Å². The summed E-state index contributed by atoms with van der Waals surface area (Å²) in [4.78, 5) is 23.5. The monoisotopic (exact) mass is 354 g/mol. The molecule has 25 heavy (non-hydrogen) atoms. The van der Waals surface area contributed by atoms with Crippen molar-refractivity contribution in [2.45, 2.75) is 0 Å². The van der Waals surface area contributed by atoms with Gasteiger partial charge in [-0.1, -0.05) is 12.1 Å². The maximum atomic E-state index is 12.3. The van der Waals surface area contributed by atoms with Crippen molar-refractivity contribution in [1.29, 1.82) is 0 Å². The molecule has 1 amide bonds. The molecule has 0 saturated heterocycles. The van der Waals surface area contributed by atoms with Crippen LogP contribution in [-0.2, 0) is 0 Å². The lowest BCUT2D eigenvalue weighted by atomic mass is 10.2. The third-order valence-electron chi connectivity index (χ3n) is 3.46. The summed E-state index contributed by atoms with van der Waals surface area (Å²) < 4.78 is 10.2. The molecule has 0 unspecified atom stereocenters. The van der Waals surface area contributed by atoms with E-state index in [0.29, 0.717) is 22.6 Å². The Balaban J connectivity index is 1.73. The van der Waals surface area contributed by atoms with Crippen molar-refractivity contribution in [3.8, 4) is 5.75 Å². The molecule has 0 aliphatic rings. The summed E-state index contributed by atoms with van der Waals surface area (Å²) in [7, 11) is 1.50. The molecule has 1 aromatic heterocycles. The summed E-state index contributed by atoms with van der Waals surface area (Å²) in [6.07, 6.45) is 0. The zero-order valence-electron chi connectivity index (χ0n) is 13.2. The fourth-order valence-corrected chi connectivity index (χ4v) is 2.53. The highest BCUT2D eigenvalue weighted by Gasteiger charge is 2.13. The summed E-state index contributed by atoms with van der Waals surface area (Å²) in [5, 5.41) is 6.42. The molecule has 3 rings (SSSR count). The number of rotatable bonds is 3. The van der Waals surface area contributed by atoms with Crippen LogP contribution in [0, 0.1) is 0 Å². The van der Waals surface area contributed by atoms with E-state index >= 15 is 0 Å². The summed E-state index contributed by atoms with van der Waals surface area (Å²) >= 11 is 5.18. The van der Waals surface area contributed by atoms with Crippen molar-refractivity contribution in [1.82, 2.24) is 5.32 Å². The summed E-state index contributed by atoms with van der Waals surface area (Å²) in [6, 6.07) is 15.0. The van der Waals surface area contributed by atoms with Gasteiger partial charge in [-0.25, -0.2) is 4.79 Å². The van der Waals surface area contributed by atoms with Crippen LogP contribution in [0.1, 0.15) is 10.4 Å². The number of nitrogens with one attached hydrogen (secondary N) is 2. The number of ether oxygens (including phenoxy) is 1. The Hall–Kier alpha value is -3.19. The molecule has 0 atom stereocenters. The van der Waals surface area contributed by atoms with Gasteiger partial charge in [-0.2, -0.15) is 0 Å². The fraction of sp³-hybridized carbons (Fsp3) is 0.0556. The summed E-state index contributed by atoms with van der Waals surface area (Å²) in [6.45, 7) is 0. The lowest BCUT2D eigenvalue weighted by Gasteiger charge is -2.11. The fourth-order valence-electron chi connectivity index (χ4n) is 2.31. The number of hydrogen-bond acceptors (Lipinski definition) is 5. The van der Waals surface area contributed by atoms with Crippen molar-refractivity contribution >= 4 is 39.9 Å². The first-order valence-electron chi connectivity index (χ1n) is 7.36. The largest absolute Gasteiger partial charge is 0.496 e. The molecule has 126 valence electrons. The molecule has 1 heterocycles. The highest BCUT2D eigenvalue weighted by atomic mass is 32.1. The highest BCUT2D eigenvalue weighted by molar-refractivity contribution is 7.80. The second kappa shape index (κ2) is 7.14. The van der Waals surface area contributed by atoms with Gasteiger partial charge in [0.05, 0.1) is 12.7 Å². The quantitative estimate of drug-likeness (QED) is 0.556. The number of carbonyl (C=O) groups excluding carboxylic acids is 1. The molecular formula is C18H14N2O4S. The number of hydrogen-bond donors (Lipinski definition) is 2. The number of anilines is 1. The molecule has 0 bridgehead atoms. The number of amides is 1. The van der Waals surface area contributed by atoms with Gasteiger partial charge in [0.1, 0.15) is 11.3 Å². The maximum absolute atomic E-state index is 12.3. The van der Waals surface area contributed by atoms with Gasteiger partial charge in [0.15, 0.2) is 5.11 Å². The molecule has 0 aliphatic carbocycles. The first kappa shape index (κ1) is 16.7. The minimum Gasteiger partial charge on any atom is -0.496 e. The van der Waals surface area contributed by atoms with E-state index < -0.39 is 5.63 Å². The van der Waals surface area contributed by atoms with Gasteiger partial charge < -0.3 is 14.5 Å². The zero-order chi connectivity index (χ0) is 17.8. The Morgan fingerprint density at radius 2 is 1.92 bits per heavy atom. The number of benzene rings is 2. The van der Waals surface area contributed by atoms with Gasteiger partial charge in [0.2, 0.25) is 0 Å². The van der Waals surface area contributed by atoms with Crippen LogP contribution in [0.15, 0.2) is 63.8 Å². The van der Waals surface area contributed by atoms with Gasteiger partial charge in [-0.15, -0.1) is 0 Å². The van der Waals surface area contributed by atoms with Gasteiger partial charge in [0.25, 0.3) is 5.91 Å². The zero-order valence-corrected chi connectivity index (χ0v) is 14.1. The first-order valence-corrected chi connectivity index (χ1v) is 7.77. The van der Waals surface area contributed by atoms with E-state index in [-0.39, 0.29) is 11.0 Å². The minimum atomic E-state index is -0.409. The molecule has 2 aromatic carbocycles. The van der Waals surface area contributed by atoms with Crippen LogP contribution >= 0.6 is 12.2 Å². The Labute approximate surface area is 148 Å². The number of para-hydroxylation sites is 1. The van der Waals surface area contributed by atoms with Crippen LogP contribution in [0.2, 0.25) is 0 Å². The number of fused-ring (bicyclic) bond motifs is 1. The van der Waals surface area contributed by atoms with Crippen molar-refractivity contribution < 1.29 is 13.9 Å². The minimum absolute atomic E-state index is 0.146. The molecule has 2 N–H and O–H groups in total. The average Bonchev–Trinajstić information content (AvgIpc) is 2.61. The normalized spacial score (nSPS) is 10.3. The standard InChI is InChI=1S/C18H14N2O4S/c1-23-15-5-3-2-4-13(15)17(22)20-18(25)19-12-7-8-14-11(10-12)6-9-16(21)24-14/h2-10H,1H3,(H2,19,20,22,25). The molecule has 6 nitrogen and oxygen atoms in total. The van der Waals surface area contributed by atoms with Gasteiger partial charge in [-0.3, -0.25) is 10.1 Å². The van der Waals surface area contributed by atoms with E-state index in [9.17, 15) is 9.59 Å². The molecule has 3 aromatic rings. The third-order valence-corrected chi connectivity index (χ3v) is 3.66. The topological polar surface area (TPSA) is 80.6 Å². The van der Waals surface area contributed by atoms with E-state index in [2.05, 4.69) is 10.6 Å². The average molecular weight is 354 g/mol. The molecule has 0 fully saturated rings. The van der Waals surface area contributed by atoms with E-state index in [1.54, 1.807) is 48.5 Å². The van der Waals surface area contributed by atoms with Gasteiger partial charge in [-0.05, 0) is 48.6 Å². The summed E-state index contributed by atoms with van der Waals surface area (Å²) in [5.74, 6) is 0.0882. The number of thiocarbonyl (C=S) groups is 1. The number of carbonyl (C=O) groups is 1. The highest BCUT2D eigenvalue weighted by Crippen LogP contribution is 2.19. The predicted octanol–water partition coefficient (Wildman–Crippen LogP) is 2.93. The van der Waals surface area contributed by atoms with E-state index in [0.717, 1.165) is 5.39 Å². The SMILES string of the molecule is COc1ccccc1C(=O)NC(=S)Nc1ccc2oc(=O)ccc2c1. The Morgan fingerprint density at radius 3 is 2.72 bits per heavy atom. The molecule has 0 spiro atoms. The molecule has 7 heteroatoms. The lowest BCUT2D eigenvalue weighted by Crippen LogP contribution is -2.34. The third kappa shape index (κ3) is 3.84. The van der Waals surface area contributed by atoms with E-state index in [1.807, 2.05) is 0 Å². The Bertz CT molecular complexity index is 1010. The lowest BCUT2D eigenvalue weighted by molar-refractivity contribution is 0.0975. The molecule has 0 radical (unpaired) electrons. The summed E-state index contributed by atoms with van der Waals surface area (Å²) in [5.41, 5.74) is 1.11. The van der Waals surface area contributed by atoms with Crippen molar-refractivity contribution in [2.75, 3.05) is 12.4 Å². The van der Waals surface area contributed by atoms with E-state index in [4.69, 9.17) is 21.4 Å². The van der Waals surface area contributed by atoms with Crippen LogP contribution < -0.4 is 21.0 Å². The predicted molar refractivity (Wildman–Crippen MR) is 99.2 cm³/mol. The second-order valence-corrected chi connectivity index (χ2v) is 5.52. The van der Waals surface area contributed by atoms with Crippen molar-refractivity contribution in [2.24, 2.45) is 0 Å². The van der Waals surface area contributed by atoms with Crippen LogP contribution in [0.5, 0.6) is 5.75 Å². The number of methoxy groups -OCH3 is 1. The Kier molecular flexibility index (Phi) is 4.76. The van der Waals surface area contributed by atoms with Crippen LogP contribution in [0.25, 0.3) is 11.0 Å². The van der Waals surface area contributed by atoms with Crippen LogP contribution in [-0.4, -0.2) is 18.1 Å².